The second-order valence-corrected chi connectivity index (χ2v) is 16.3. The van der Waals surface area contributed by atoms with Crippen LogP contribution in [-0.2, 0) is 30.3 Å². The maximum absolute atomic E-state index is 14.9. The molecule has 2 aliphatic carbocycles. The number of aromatic nitrogens is 1. The number of para-hydroxylation sites is 1. The molecule has 3 amide bonds. The Morgan fingerprint density at radius 1 is 0.984 bits per heavy atom. The first-order valence-corrected chi connectivity index (χ1v) is 20.2. The van der Waals surface area contributed by atoms with Crippen molar-refractivity contribution < 1.29 is 77.3 Å². The van der Waals surface area contributed by atoms with Gasteiger partial charge < -0.3 is 55.3 Å². The number of fused-ring (bicyclic) bond motifs is 4. The lowest BCUT2D eigenvalue weighted by molar-refractivity contribution is -0.249. The molecule has 5 unspecified atom stereocenters. The number of nitrogens with one attached hydrogen (secondary N) is 2. The number of likely N-dealkylation sites (tertiary alicyclic amines) is 1. The highest BCUT2D eigenvalue weighted by Gasteiger charge is 2.53. The minimum atomic E-state index is -3.50. The lowest BCUT2D eigenvalue weighted by Gasteiger charge is -2.43. The number of carbonyl (C=O) groups excluding carboxylic acids is 6. The molecular formula is C44H42F2N4O14. The van der Waals surface area contributed by atoms with Crippen molar-refractivity contribution in [3.8, 4) is 17.2 Å². The van der Waals surface area contributed by atoms with Crippen LogP contribution in [0, 0.1) is 0 Å². The van der Waals surface area contributed by atoms with E-state index in [1.165, 1.54) is 44.5 Å². The Morgan fingerprint density at radius 3 is 2.45 bits per heavy atom. The van der Waals surface area contributed by atoms with Crippen LogP contribution in [0.3, 0.4) is 0 Å². The van der Waals surface area contributed by atoms with E-state index in [9.17, 15) is 63.1 Å². The second kappa shape index (κ2) is 16.6. The van der Waals surface area contributed by atoms with Crippen LogP contribution in [0.1, 0.15) is 85.6 Å². The van der Waals surface area contributed by atoms with Crippen molar-refractivity contribution in [3.63, 3.8) is 0 Å². The molecule has 0 radical (unpaired) electrons. The molecule has 8 rings (SSSR count). The highest BCUT2D eigenvalue weighted by molar-refractivity contribution is 6.31. The van der Waals surface area contributed by atoms with Gasteiger partial charge in [-0.3, -0.25) is 33.8 Å². The average Bonchev–Trinajstić information content (AvgIpc) is 3.61. The molecule has 0 saturated carbocycles. The number of alkyl halides is 2. The summed E-state index contributed by atoms with van der Waals surface area (Å²) < 4.78 is 47.3. The van der Waals surface area contributed by atoms with Crippen molar-refractivity contribution in [2.45, 2.75) is 80.8 Å². The predicted octanol–water partition coefficient (Wildman–Crippen LogP) is 1.37. The quantitative estimate of drug-likeness (QED) is 0.0977. The number of nitrogens with zero attached hydrogens (tertiary/aromatic N) is 2. The summed E-state index contributed by atoms with van der Waals surface area (Å²) in [5.74, 6) is -10.8. The number of benzene rings is 3. The Hall–Kier alpha value is -6.45. The fourth-order valence-corrected chi connectivity index (χ4v) is 9.10. The van der Waals surface area contributed by atoms with Crippen LogP contribution in [0.2, 0.25) is 0 Å². The van der Waals surface area contributed by atoms with E-state index < -0.39 is 151 Å². The molecule has 7 atom stereocenters. The third-order valence-electron chi connectivity index (χ3n) is 12.3. The number of phenolic OH excluding ortho intramolecular Hbond substituents is 2. The number of amides is 3. The third-order valence-corrected chi connectivity index (χ3v) is 12.3. The Morgan fingerprint density at radius 2 is 1.72 bits per heavy atom. The zero-order chi connectivity index (χ0) is 46.0. The number of pyridine rings is 1. The number of hydrogen-bond acceptors (Lipinski definition) is 15. The Balaban J connectivity index is 1.04. The molecule has 0 spiro atoms. The number of aliphatic hydroxyl groups excluding tert-OH is 2. The number of methoxy groups -OCH3 is 1. The van der Waals surface area contributed by atoms with Gasteiger partial charge in [0.1, 0.15) is 41.6 Å². The van der Waals surface area contributed by atoms with Gasteiger partial charge in [-0.05, 0) is 25.1 Å². The lowest BCUT2D eigenvalue weighted by atomic mass is 9.72. The smallest absolute Gasteiger partial charge is 0.267 e. The topological polar surface area (TPSA) is 271 Å². The molecule has 64 heavy (non-hydrogen) atoms. The summed E-state index contributed by atoms with van der Waals surface area (Å²) in [5, 5.41) is 61.5. The van der Waals surface area contributed by atoms with Crippen LogP contribution in [0.5, 0.6) is 17.2 Å². The first-order valence-electron chi connectivity index (χ1n) is 20.2. The van der Waals surface area contributed by atoms with E-state index in [-0.39, 0.29) is 33.6 Å². The number of halogens is 2. The predicted molar refractivity (Wildman–Crippen MR) is 215 cm³/mol. The van der Waals surface area contributed by atoms with Gasteiger partial charge in [-0.1, -0.05) is 30.3 Å². The lowest BCUT2D eigenvalue weighted by Crippen LogP contribution is -2.58. The van der Waals surface area contributed by atoms with Crippen molar-refractivity contribution in [2.24, 2.45) is 0 Å². The van der Waals surface area contributed by atoms with E-state index in [1.807, 2.05) is 0 Å². The molecule has 336 valence electrons. The summed E-state index contributed by atoms with van der Waals surface area (Å²) in [6, 6.07) is 9.31. The van der Waals surface area contributed by atoms with Gasteiger partial charge in [0.25, 0.3) is 11.8 Å². The highest BCUT2D eigenvalue weighted by Crippen LogP contribution is 2.52. The number of ether oxygens (including phenoxy) is 3. The van der Waals surface area contributed by atoms with Crippen molar-refractivity contribution in [3.05, 3.63) is 93.7 Å². The minimum absolute atomic E-state index is 0.000457. The van der Waals surface area contributed by atoms with E-state index in [1.54, 1.807) is 24.3 Å². The van der Waals surface area contributed by atoms with Crippen LogP contribution < -0.4 is 15.4 Å². The first-order chi connectivity index (χ1) is 30.4. The van der Waals surface area contributed by atoms with Gasteiger partial charge in [-0.25, -0.2) is 8.78 Å². The molecule has 7 N–H and O–H groups in total. The standard InChI is InChI=1S/C44H42F2N4O14/c1-19-36(54)25(49-42(60)26-14-44(45,46)18-50(26)30(53)16-48-41(59)21-10-11-47-24-8-4-3-6-20(21)24)12-31(63-19)64-28-15-43(61,29(52)17-51)13-23-33(28)40(58)35-34(38(23)56)37(55)22-7-5-9-27(62-2)32(22)39(35)57/h3-11,19,25-26,28,31,36,51,54,56,58,61H,12-18H2,1-2H3,(H,48,59)(H,49,60)/t19?,25?,26-,28?,31?,36?,43-/m0/s1. The molecule has 2 saturated heterocycles. The van der Waals surface area contributed by atoms with E-state index in [0.29, 0.717) is 15.8 Å². The summed E-state index contributed by atoms with van der Waals surface area (Å²) in [5.41, 5.74) is -3.99. The second-order valence-electron chi connectivity index (χ2n) is 16.3. The van der Waals surface area contributed by atoms with Gasteiger partial charge >= 0.3 is 0 Å². The number of hydrogen-bond donors (Lipinski definition) is 7. The zero-order valence-electron chi connectivity index (χ0n) is 34.2. The van der Waals surface area contributed by atoms with Gasteiger partial charge in [0.2, 0.25) is 17.6 Å². The molecule has 4 aromatic rings. The summed E-state index contributed by atoms with van der Waals surface area (Å²) in [7, 11) is 1.26. The van der Waals surface area contributed by atoms with Crippen molar-refractivity contribution >= 4 is 46.0 Å². The van der Waals surface area contributed by atoms with Crippen LogP contribution in [0.25, 0.3) is 10.9 Å². The van der Waals surface area contributed by atoms with Crippen LogP contribution >= 0.6 is 0 Å². The van der Waals surface area contributed by atoms with Gasteiger partial charge in [0.05, 0.1) is 66.2 Å². The largest absolute Gasteiger partial charge is 0.507 e. The van der Waals surface area contributed by atoms with Gasteiger partial charge in [0, 0.05) is 54.0 Å². The molecule has 2 aliphatic heterocycles. The molecule has 3 aromatic carbocycles. The number of carbonyl (C=O) groups is 6. The Labute approximate surface area is 361 Å². The Kier molecular flexibility index (Phi) is 11.5. The van der Waals surface area contributed by atoms with E-state index in [0.717, 1.165) is 0 Å². The van der Waals surface area contributed by atoms with Crippen molar-refractivity contribution in [1.29, 1.82) is 0 Å². The molecule has 4 aliphatic rings. The number of phenols is 2. The molecule has 20 heteroatoms. The number of Topliss-reactive ketones (excluding diaryl/α,β-unsaturated/α-hetero) is 1. The van der Waals surface area contributed by atoms with Gasteiger partial charge in [-0.15, -0.1) is 0 Å². The fourth-order valence-electron chi connectivity index (χ4n) is 9.10. The minimum Gasteiger partial charge on any atom is -0.507 e. The summed E-state index contributed by atoms with van der Waals surface area (Å²) in [4.78, 5) is 85.9. The zero-order valence-corrected chi connectivity index (χ0v) is 34.2. The number of aromatic hydroxyl groups is 2. The Bertz CT molecular complexity index is 2640. The monoisotopic (exact) mass is 888 g/mol. The first kappa shape index (κ1) is 44.2. The van der Waals surface area contributed by atoms with Crippen molar-refractivity contribution in [1.82, 2.24) is 20.5 Å². The number of aliphatic hydroxyl groups is 3. The SMILES string of the molecule is COc1cccc2c1C(=O)c1c(O)c3c(c(O)c1C2=O)C[C@@](O)(C(=O)CO)CC3OC1CC(NC(=O)[C@@H]2CC(F)(F)CN2C(=O)CNC(=O)c2ccnc3ccccc23)C(O)C(C)O1. The number of ketones is 3. The average molecular weight is 889 g/mol. The molecular weight excluding hydrogens is 846 g/mol. The third kappa shape index (κ3) is 7.59. The maximum Gasteiger partial charge on any atom is 0.267 e. The highest BCUT2D eigenvalue weighted by atomic mass is 19.3. The molecule has 2 fully saturated rings. The molecule has 3 heterocycles. The van der Waals surface area contributed by atoms with Crippen LogP contribution in [-0.4, -0.2) is 139 Å². The van der Waals surface area contributed by atoms with Crippen LogP contribution in [0.15, 0.2) is 54.7 Å². The van der Waals surface area contributed by atoms with Gasteiger partial charge in [0.15, 0.2) is 17.9 Å². The normalized spacial score (nSPS) is 25.8. The number of rotatable bonds is 10. The van der Waals surface area contributed by atoms with Gasteiger partial charge in [-0.2, -0.15) is 0 Å². The summed E-state index contributed by atoms with van der Waals surface area (Å²) in [6.45, 7) is -1.64. The summed E-state index contributed by atoms with van der Waals surface area (Å²) in [6.07, 6.45) is -7.28. The van der Waals surface area contributed by atoms with Crippen LogP contribution in [0.4, 0.5) is 8.78 Å². The molecule has 0 bridgehead atoms. The fraction of sp³-hybridized carbons (Fsp3) is 0.386. The summed E-state index contributed by atoms with van der Waals surface area (Å²) >= 11 is 0. The van der Waals surface area contributed by atoms with Crippen molar-refractivity contribution in [2.75, 3.05) is 26.8 Å². The molecule has 18 nitrogen and oxygen atoms in total. The van der Waals surface area contributed by atoms with E-state index in [4.69, 9.17) is 14.2 Å². The maximum atomic E-state index is 14.9. The van der Waals surface area contributed by atoms with E-state index >= 15 is 0 Å². The van der Waals surface area contributed by atoms with E-state index in [2.05, 4.69) is 15.6 Å². The molecule has 1 aromatic heterocycles.